The molecule has 4 nitrogen and oxygen atoms in total. The van der Waals surface area contributed by atoms with Gasteiger partial charge in [0.15, 0.2) is 5.69 Å². The summed E-state index contributed by atoms with van der Waals surface area (Å²) in [7, 11) is 0. The van der Waals surface area contributed by atoms with E-state index in [2.05, 4.69) is 19.2 Å². The van der Waals surface area contributed by atoms with Gasteiger partial charge in [-0.1, -0.05) is 99.3 Å². The largest absolute Gasteiger partial charge is 0.351 e. The van der Waals surface area contributed by atoms with Gasteiger partial charge in [-0.25, -0.2) is 4.68 Å². The molecule has 3 aromatic rings. The number of nitrogens with one attached hydrogen (secondary N) is 1. The maximum Gasteiger partial charge on any atom is 0.272 e. The Morgan fingerprint density at radius 1 is 0.909 bits per heavy atom. The fourth-order valence-corrected chi connectivity index (χ4v) is 8.87. The average Bonchev–Trinajstić information content (AvgIpc) is 3.33. The Labute approximate surface area is 279 Å². The van der Waals surface area contributed by atoms with Crippen LogP contribution < -0.4 is 5.32 Å². The van der Waals surface area contributed by atoms with Crippen LogP contribution in [0.15, 0.2) is 42.5 Å². The van der Waals surface area contributed by atoms with E-state index in [1.54, 1.807) is 16.8 Å². The standard InChI is InChI=1S/C37H48Cl3N3O/c1-4-27-21-26-19-24(2)20-29(22-26)32(27)11-9-7-5-6-8-10-18-41-37(44)35-25(3)36(28-12-14-30(38)15-13-28)43(42-35)34-17-16-31(39)23-33(34)40/h12-17,23-24,26-27,29,32H,4-11,18-22H2,1-3H3,(H,41,44). The lowest BCUT2D eigenvalue weighted by molar-refractivity contribution is 0.0312. The van der Waals surface area contributed by atoms with Crippen molar-refractivity contribution in [2.75, 3.05) is 6.54 Å². The zero-order valence-corrected chi connectivity index (χ0v) is 28.8. The number of hydrogen-bond acceptors (Lipinski definition) is 2. The lowest BCUT2D eigenvalue weighted by Crippen LogP contribution is -2.37. The molecule has 2 bridgehead atoms. The number of amides is 1. The van der Waals surface area contributed by atoms with Crippen LogP contribution in [0.2, 0.25) is 15.1 Å². The number of fused-ring (bicyclic) bond motifs is 2. The van der Waals surface area contributed by atoms with E-state index in [1.165, 1.54) is 64.2 Å². The number of benzene rings is 2. The topological polar surface area (TPSA) is 46.9 Å². The predicted octanol–water partition coefficient (Wildman–Crippen LogP) is 11.4. The van der Waals surface area contributed by atoms with E-state index >= 15 is 0 Å². The van der Waals surface area contributed by atoms with Crippen molar-refractivity contribution < 1.29 is 4.79 Å². The second kappa shape index (κ2) is 15.5. The maximum absolute atomic E-state index is 13.3. The fraction of sp³-hybridized carbons (Fsp3) is 0.568. The molecule has 1 N–H and O–H groups in total. The Morgan fingerprint density at radius 3 is 2.34 bits per heavy atom. The van der Waals surface area contributed by atoms with E-state index in [0.717, 1.165) is 59.3 Å². The van der Waals surface area contributed by atoms with E-state index in [9.17, 15) is 4.79 Å². The molecule has 7 heteroatoms. The van der Waals surface area contributed by atoms with Gasteiger partial charge in [0.1, 0.15) is 0 Å². The number of carbonyl (C=O) groups excluding carboxylic acids is 1. The quantitative estimate of drug-likeness (QED) is 0.186. The smallest absolute Gasteiger partial charge is 0.272 e. The highest BCUT2D eigenvalue weighted by molar-refractivity contribution is 6.35. The number of rotatable bonds is 13. The molecule has 0 spiro atoms. The van der Waals surface area contributed by atoms with Crippen LogP contribution in [-0.2, 0) is 0 Å². The van der Waals surface area contributed by atoms with Crippen LogP contribution in [0.25, 0.3) is 16.9 Å². The average molecular weight is 657 g/mol. The minimum Gasteiger partial charge on any atom is -0.351 e. The van der Waals surface area contributed by atoms with Crippen LogP contribution >= 0.6 is 34.8 Å². The van der Waals surface area contributed by atoms with Crippen molar-refractivity contribution in [2.24, 2.45) is 29.6 Å². The van der Waals surface area contributed by atoms with Crippen LogP contribution in [0.1, 0.15) is 107 Å². The first kappa shape index (κ1) is 33.4. The van der Waals surface area contributed by atoms with Gasteiger partial charge >= 0.3 is 0 Å². The number of aromatic nitrogens is 2. The molecular weight excluding hydrogens is 609 g/mol. The zero-order chi connectivity index (χ0) is 31.2. The van der Waals surface area contributed by atoms with E-state index in [1.807, 2.05) is 37.3 Å². The third-order valence-electron chi connectivity index (χ3n) is 10.3. The van der Waals surface area contributed by atoms with Gasteiger partial charge in [-0.15, -0.1) is 0 Å². The molecule has 1 amide bonds. The van der Waals surface area contributed by atoms with Crippen molar-refractivity contribution in [1.29, 1.82) is 0 Å². The minimum atomic E-state index is -0.168. The number of hydrogen-bond donors (Lipinski definition) is 1. The highest BCUT2D eigenvalue weighted by Crippen LogP contribution is 2.50. The second-order valence-electron chi connectivity index (χ2n) is 13.5. The first-order valence-corrected chi connectivity index (χ1v) is 18.0. The molecule has 0 saturated heterocycles. The molecule has 5 unspecified atom stereocenters. The molecule has 0 aliphatic heterocycles. The summed E-state index contributed by atoms with van der Waals surface area (Å²) in [4.78, 5) is 13.3. The molecule has 1 aromatic heterocycles. The molecule has 2 aliphatic rings. The van der Waals surface area contributed by atoms with E-state index in [4.69, 9.17) is 39.9 Å². The maximum atomic E-state index is 13.3. The monoisotopic (exact) mass is 655 g/mol. The summed E-state index contributed by atoms with van der Waals surface area (Å²) >= 11 is 18.9. The highest BCUT2D eigenvalue weighted by Gasteiger charge is 2.40. The van der Waals surface area contributed by atoms with Crippen molar-refractivity contribution in [3.8, 4) is 16.9 Å². The van der Waals surface area contributed by atoms with Gasteiger partial charge in [0, 0.05) is 27.7 Å². The Kier molecular flexibility index (Phi) is 11.8. The minimum absolute atomic E-state index is 0.168. The predicted molar refractivity (Wildman–Crippen MR) is 185 cm³/mol. The van der Waals surface area contributed by atoms with Gasteiger partial charge < -0.3 is 5.32 Å². The van der Waals surface area contributed by atoms with Crippen LogP contribution in [0.3, 0.4) is 0 Å². The van der Waals surface area contributed by atoms with Gasteiger partial charge in [-0.2, -0.15) is 5.10 Å². The molecule has 238 valence electrons. The molecule has 2 aliphatic carbocycles. The number of unbranched alkanes of at least 4 members (excludes halogenated alkanes) is 5. The molecule has 2 saturated carbocycles. The summed E-state index contributed by atoms with van der Waals surface area (Å²) in [6, 6.07) is 12.8. The molecule has 44 heavy (non-hydrogen) atoms. The SMILES string of the molecule is CCC1CC2CC(C)CC(C2)C1CCCCCCCCNC(=O)c1nn(-c2ccc(Cl)cc2Cl)c(-c2ccc(Cl)cc2)c1C. The Morgan fingerprint density at radius 2 is 1.61 bits per heavy atom. The van der Waals surface area contributed by atoms with Gasteiger partial charge in [-0.3, -0.25) is 4.79 Å². The van der Waals surface area contributed by atoms with Crippen molar-refractivity contribution in [3.05, 3.63) is 68.8 Å². The molecule has 5 rings (SSSR count). The van der Waals surface area contributed by atoms with Crippen LogP contribution in [-0.4, -0.2) is 22.2 Å². The van der Waals surface area contributed by atoms with E-state index < -0.39 is 0 Å². The normalized spacial score (nSPS) is 23.1. The Bertz CT molecular complexity index is 1400. The van der Waals surface area contributed by atoms with E-state index in [-0.39, 0.29) is 5.91 Å². The summed E-state index contributed by atoms with van der Waals surface area (Å²) in [6.45, 7) is 7.47. The highest BCUT2D eigenvalue weighted by atomic mass is 35.5. The fourth-order valence-electron chi connectivity index (χ4n) is 8.26. The summed E-state index contributed by atoms with van der Waals surface area (Å²) in [5.41, 5.74) is 3.54. The van der Waals surface area contributed by atoms with Crippen molar-refractivity contribution >= 4 is 40.7 Å². The lowest BCUT2D eigenvalue weighted by atomic mass is 9.58. The van der Waals surface area contributed by atoms with Crippen LogP contribution in [0.5, 0.6) is 0 Å². The first-order valence-electron chi connectivity index (χ1n) is 16.8. The van der Waals surface area contributed by atoms with Gasteiger partial charge in [-0.05, 0) is 105 Å². The molecule has 1 heterocycles. The van der Waals surface area contributed by atoms with Crippen LogP contribution in [0, 0.1) is 36.5 Å². The van der Waals surface area contributed by atoms with Crippen molar-refractivity contribution in [3.63, 3.8) is 0 Å². The van der Waals surface area contributed by atoms with Crippen molar-refractivity contribution in [1.82, 2.24) is 15.1 Å². The number of nitrogens with zero attached hydrogens (tertiary/aromatic N) is 2. The second-order valence-corrected chi connectivity index (χ2v) is 14.8. The van der Waals surface area contributed by atoms with Gasteiger partial charge in [0.2, 0.25) is 0 Å². The molecule has 2 fully saturated rings. The first-order chi connectivity index (χ1) is 21.2. The third-order valence-corrected chi connectivity index (χ3v) is 11.1. The Hall–Kier alpha value is -2.01. The van der Waals surface area contributed by atoms with E-state index in [0.29, 0.717) is 33.0 Å². The zero-order valence-electron chi connectivity index (χ0n) is 26.6. The lowest BCUT2D eigenvalue weighted by Gasteiger charge is -2.47. The van der Waals surface area contributed by atoms with Gasteiger partial charge in [0.05, 0.1) is 16.4 Å². The summed E-state index contributed by atoms with van der Waals surface area (Å²) in [5, 5.41) is 9.49. The summed E-state index contributed by atoms with van der Waals surface area (Å²) in [5.74, 6) is 4.71. The number of carbonyl (C=O) groups is 1. The molecule has 0 radical (unpaired) electrons. The van der Waals surface area contributed by atoms with Crippen molar-refractivity contribution in [2.45, 2.75) is 97.8 Å². The summed E-state index contributed by atoms with van der Waals surface area (Å²) in [6.07, 6.45) is 16.1. The number of halogens is 3. The summed E-state index contributed by atoms with van der Waals surface area (Å²) < 4.78 is 1.73. The third kappa shape index (κ3) is 8.03. The van der Waals surface area contributed by atoms with Gasteiger partial charge in [0.25, 0.3) is 5.91 Å². The van der Waals surface area contributed by atoms with Crippen LogP contribution in [0.4, 0.5) is 0 Å². The molecule has 5 atom stereocenters. The Balaban J connectivity index is 1.10. The molecule has 2 aromatic carbocycles. The molecular formula is C37H48Cl3N3O.